The molecule has 0 saturated heterocycles. The predicted molar refractivity (Wildman–Crippen MR) is 47.9 cm³/mol. The first-order valence-electron chi connectivity index (χ1n) is 3.74. The molecule has 66 valence electrons. The minimum Gasteiger partial charge on any atom is -0.317 e. The molecule has 1 aromatic rings. The molecule has 12 heavy (non-hydrogen) atoms. The van der Waals surface area contributed by atoms with E-state index in [1.54, 1.807) is 0 Å². The Balaban J connectivity index is 2.53. The summed E-state index contributed by atoms with van der Waals surface area (Å²) in [7, 11) is 0. The number of anilines is 1. The maximum Gasteiger partial charge on any atom is 0.250 e. The molecule has 1 rings (SSSR count). The molecule has 0 aliphatic carbocycles. The minimum absolute atomic E-state index is 0.125. The van der Waals surface area contributed by atoms with Gasteiger partial charge in [0.1, 0.15) is 5.69 Å². The molecular formula is C8H12N2O2. The summed E-state index contributed by atoms with van der Waals surface area (Å²) >= 11 is 0. The molecule has 0 unspecified atom stereocenters. The Hall–Kier alpha value is -1.16. The van der Waals surface area contributed by atoms with Gasteiger partial charge in [0.15, 0.2) is 0 Å². The molecule has 0 aliphatic rings. The van der Waals surface area contributed by atoms with E-state index in [1.165, 1.54) is 6.07 Å². The molecule has 2 N–H and O–H groups in total. The van der Waals surface area contributed by atoms with Crippen molar-refractivity contribution in [3.05, 3.63) is 26.5 Å². The van der Waals surface area contributed by atoms with E-state index >= 15 is 0 Å². The molecule has 0 fully saturated rings. The van der Waals surface area contributed by atoms with Gasteiger partial charge in [-0.15, -0.1) is 0 Å². The highest BCUT2D eigenvalue weighted by Gasteiger charge is 2.12. The summed E-state index contributed by atoms with van der Waals surface area (Å²) in [6.45, 7) is 5.85. The van der Waals surface area contributed by atoms with Gasteiger partial charge in [-0.1, -0.05) is 0 Å². The summed E-state index contributed by atoms with van der Waals surface area (Å²) in [6.07, 6.45) is 0. The monoisotopic (exact) mass is 168 g/mol. The quantitative estimate of drug-likeness (QED) is 0.482. The molecule has 4 heteroatoms. The normalized spacial score (nSPS) is 11.9. The molecule has 1 aromatic carbocycles. The van der Waals surface area contributed by atoms with E-state index in [2.05, 4.69) is 10.9 Å². The van der Waals surface area contributed by atoms with Crippen LogP contribution in [0.1, 0.15) is 20.8 Å². The third kappa shape index (κ3) is 1.92. The molecule has 0 spiro atoms. The average Bonchev–Trinajstić information content (AvgIpc) is 1.95. The smallest absolute Gasteiger partial charge is 0.250 e. The number of nitrogens with one attached hydrogen (secondary N) is 2. The first-order chi connectivity index (χ1) is 5.40. The third-order valence-corrected chi connectivity index (χ3v) is 1.32. The Bertz CT molecular complexity index is 342. The summed E-state index contributed by atoms with van der Waals surface area (Å²) in [4.78, 5) is 21.2. The van der Waals surface area contributed by atoms with Crippen molar-refractivity contribution in [1.29, 1.82) is 0 Å². The van der Waals surface area contributed by atoms with Crippen LogP contribution in [-0.4, -0.2) is 5.54 Å². The molecule has 4 nitrogen and oxygen atoms in total. The molecule has 0 amide bonds. The lowest BCUT2D eigenvalue weighted by atomic mass is 10.1. The first kappa shape index (κ1) is 8.93. The molecule has 0 bridgehead atoms. The van der Waals surface area contributed by atoms with Crippen molar-refractivity contribution in [2.75, 3.05) is 5.43 Å². The van der Waals surface area contributed by atoms with Gasteiger partial charge in [-0.2, -0.15) is 0 Å². The highest BCUT2D eigenvalue weighted by Crippen LogP contribution is 2.00. The second-order valence-corrected chi connectivity index (χ2v) is 3.75. The lowest BCUT2D eigenvalue weighted by Crippen LogP contribution is -2.44. The summed E-state index contributed by atoms with van der Waals surface area (Å²) in [6, 6.07) is 1.28. The molecule has 0 radical (unpaired) electrons. The van der Waals surface area contributed by atoms with Crippen LogP contribution >= 0.6 is 0 Å². The SMILES string of the molecule is CC(C)(C)NNc1cc(=O)c1=O. The molecule has 0 aromatic heterocycles. The number of hydrogen-bond acceptors (Lipinski definition) is 4. The largest absolute Gasteiger partial charge is 0.317 e. The standard InChI is InChI=1S/C8H12N2O2/c1-8(2,3)10-9-5-4-6(11)7(5)12/h4,9-10H,1-3H3. The highest BCUT2D eigenvalue weighted by atomic mass is 16.2. The lowest BCUT2D eigenvalue weighted by Gasteiger charge is -2.21. The Morgan fingerprint density at radius 3 is 2.17 bits per heavy atom. The zero-order valence-electron chi connectivity index (χ0n) is 7.39. The second kappa shape index (κ2) is 2.71. The average molecular weight is 168 g/mol. The summed E-state index contributed by atoms with van der Waals surface area (Å²) in [5, 5.41) is 0. The van der Waals surface area contributed by atoms with Gasteiger partial charge in [0, 0.05) is 11.6 Å². The van der Waals surface area contributed by atoms with E-state index in [1.807, 2.05) is 20.8 Å². The number of hydrogen-bond donors (Lipinski definition) is 2. The van der Waals surface area contributed by atoms with Crippen LogP contribution in [-0.2, 0) is 0 Å². The minimum atomic E-state index is -0.452. The molecule has 0 saturated carbocycles. The Morgan fingerprint density at radius 1 is 1.25 bits per heavy atom. The van der Waals surface area contributed by atoms with E-state index in [9.17, 15) is 9.59 Å². The van der Waals surface area contributed by atoms with Gasteiger partial charge in [-0.05, 0) is 20.8 Å². The van der Waals surface area contributed by atoms with Gasteiger partial charge in [0.2, 0.25) is 10.9 Å². The predicted octanol–water partition coefficient (Wildman–Crippen LogP) is -0.00240. The van der Waals surface area contributed by atoms with Crippen LogP contribution in [0.5, 0.6) is 0 Å². The van der Waals surface area contributed by atoms with E-state index in [4.69, 9.17) is 0 Å². The van der Waals surface area contributed by atoms with Crippen LogP contribution in [0.3, 0.4) is 0 Å². The van der Waals surface area contributed by atoms with Gasteiger partial charge >= 0.3 is 0 Å². The van der Waals surface area contributed by atoms with Gasteiger partial charge in [0.25, 0.3) is 0 Å². The van der Waals surface area contributed by atoms with Crippen molar-refractivity contribution < 1.29 is 0 Å². The zero-order chi connectivity index (χ0) is 9.35. The van der Waals surface area contributed by atoms with E-state index in [-0.39, 0.29) is 5.54 Å². The van der Waals surface area contributed by atoms with Crippen molar-refractivity contribution in [3.63, 3.8) is 0 Å². The van der Waals surface area contributed by atoms with Gasteiger partial charge < -0.3 is 5.43 Å². The maximum absolute atomic E-state index is 10.8. The summed E-state index contributed by atoms with van der Waals surface area (Å²) < 4.78 is 0. The molecule has 0 atom stereocenters. The topological polar surface area (TPSA) is 58.2 Å². The molecular weight excluding hydrogens is 156 g/mol. The second-order valence-electron chi connectivity index (χ2n) is 3.75. The third-order valence-electron chi connectivity index (χ3n) is 1.32. The summed E-state index contributed by atoms with van der Waals surface area (Å²) in [5.41, 5.74) is 4.89. The van der Waals surface area contributed by atoms with Gasteiger partial charge in [0.05, 0.1) is 0 Å². The fraction of sp³-hybridized carbons (Fsp3) is 0.500. The lowest BCUT2D eigenvalue weighted by molar-refractivity contribution is 0.465. The summed E-state index contributed by atoms with van der Waals surface area (Å²) in [5.74, 6) is 0. The van der Waals surface area contributed by atoms with Crippen molar-refractivity contribution in [1.82, 2.24) is 5.43 Å². The Kier molecular flexibility index (Phi) is 2.02. The van der Waals surface area contributed by atoms with E-state index in [0.717, 1.165) is 0 Å². The van der Waals surface area contributed by atoms with Crippen LogP contribution in [0.25, 0.3) is 0 Å². The van der Waals surface area contributed by atoms with Crippen molar-refractivity contribution in [2.45, 2.75) is 26.3 Å². The van der Waals surface area contributed by atoms with Gasteiger partial charge in [-0.3, -0.25) is 9.59 Å². The fourth-order valence-electron chi connectivity index (χ4n) is 0.665. The molecule has 0 aliphatic heterocycles. The van der Waals surface area contributed by atoms with Crippen LogP contribution < -0.4 is 21.7 Å². The van der Waals surface area contributed by atoms with E-state index in [0.29, 0.717) is 5.69 Å². The van der Waals surface area contributed by atoms with Crippen LogP contribution in [0.4, 0.5) is 5.69 Å². The van der Waals surface area contributed by atoms with Crippen LogP contribution in [0.2, 0.25) is 0 Å². The maximum atomic E-state index is 10.8. The zero-order valence-corrected chi connectivity index (χ0v) is 7.39. The first-order valence-corrected chi connectivity index (χ1v) is 3.74. The van der Waals surface area contributed by atoms with Crippen molar-refractivity contribution in [2.24, 2.45) is 0 Å². The number of rotatable bonds is 2. The van der Waals surface area contributed by atoms with Crippen LogP contribution in [0, 0.1) is 0 Å². The Labute approximate surface area is 70.3 Å². The highest BCUT2D eigenvalue weighted by molar-refractivity contribution is 5.46. The Morgan fingerprint density at radius 2 is 1.83 bits per heavy atom. The fourth-order valence-corrected chi connectivity index (χ4v) is 0.665. The van der Waals surface area contributed by atoms with Gasteiger partial charge in [-0.25, -0.2) is 5.43 Å². The number of hydrazine groups is 1. The van der Waals surface area contributed by atoms with Crippen molar-refractivity contribution >= 4 is 5.69 Å². The van der Waals surface area contributed by atoms with Crippen molar-refractivity contribution in [3.8, 4) is 0 Å². The van der Waals surface area contributed by atoms with E-state index < -0.39 is 10.9 Å². The molecule has 0 heterocycles. The van der Waals surface area contributed by atoms with Crippen LogP contribution in [0.15, 0.2) is 15.7 Å².